The van der Waals surface area contributed by atoms with Crippen LogP contribution in [-0.4, -0.2) is 36.0 Å². The van der Waals surface area contributed by atoms with Crippen molar-refractivity contribution in [1.29, 1.82) is 0 Å². The largest absolute Gasteiger partial charge is 0.496 e. The molecule has 18 heavy (non-hydrogen) atoms. The second-order valence-electron chi connectivity index (χ2n) is 3.84. The fraction of sp³-hybridized carbons (Fsp3) is 0.333. The summed E-state index contributed by atoms with van der Waals surface area (Å²) in [4.78, 5) is 14.0. The van der Waals surface area contributed by atoms with Gasteiger partial charge in [0.1, 0.15) is 5.75 Å². The molecule has 4 nitrogen and oxygen atoms in total. The smallest absolute Gasteiger partial charge is 0.257 e. The molecule has 1 amide bonds. The Morgan fingerprint density at radius 1 is 1.56 bits per heavy atom. The van der Waals surface area contributed by atoms with Crippen molar-refractivity contribution in [2.45, 2.75) is 13.0 Å². The first-order valence-electron chi connectivity index (χ1n) is 5.28. The lowest BCUT2D eigenvalue weighted by molar-refractivity contribution is 0.0775. The Labute approximate surface area is 117 Å². The molecule has 6 heteroatoms. The molecule has 1 rings (SSSR count). The van der Waals surface area contributed by atoms with E-state index in [4.69, 9.17) is 34.3 Å². The number of ether oxygens (including phenoxy) is 1. The summed E-state index contributed by atoms with van der Waals surface area (Å²) >= 11 is 10.7. The number of nitrogens with zero attached hydrogens (tertiary/aromatic N) is 1. The quantitative estimate of drug-likeness (QED) is 0.861. The topological polar surface area (TPSA) is 55.6 Å². The molecule has 0 bridgehead atoms. The molecule has 0 saturated heterocycles. The molecule has 0 fully saturated rings. The highest BCUT2D eigenvalue weighted by molar-refractivity contribution is 7.80. The summed E-state index contributed by atoms with van der Waals surface area (Å²) in [7, 11) is 3.12. The van der Waals surface area contributed by atoms with Crippen LogP contribution in [-0.2, 0) is 0 Å². The Balaban J connectivity index is 3.07. The van der Waals surface area contributed by atoms with E-state index >= 15 is 0 Å². The molecule has 0 aliphatic heterocycles. The number of amides is 1. The van der Waals surface area contributed by atoms with Crippen molar-refractivity contribution in [3.05, 3.63) is 28.8 Å². The first kappa shape index (κ1) is 14.7. The molecular weight excluding hydrogens is 272 g/mol. The zero-order valence-electron chi connectivity index (χ0n) is 10.4. The van der Waals surface area contributed by atoms with Gasteiger partial charge in [-0.1, -0.05) is 23.8 Å². The number of halogens is 1. The Morgan fingerprint density at radius 3 is 2.67 bits per heavy atom. The minimum absolute atomic E-state index is 0.219. The van der Waals surface area contributed by atoms with Gasteiger partial charge in [-0.05, 0) is 25.1 Å². The Hall–Kier alpha value is -1.33. The number of hydrogen-bond donors (Lipinski definition) is 1. The van der Waals surface area contributed by atoms with Gasteiger partial charge in [0.05, 0.1) is 23.7 Å². The van der Waals surface area contributed by atoms with Crippen molar-refractivity contribution in [1.82, 2.24) is 4.90 Å². The second kappa shape index (κ2) is 6.02. The van der Waals surface area contributed by atoms with Crippen molar-refractivity contribution >= 4 is 34.7 Å². The number of carbonyl (C=O) groups is 1. The number of methoxy groups -OCH3 is 1. The highest BCUT2D eigenvalue weighted by Gasteiger charge is 2.22. The molecule has 2 N–H and O–H groups in total. The fourth-order valence-electron chi connectivity index (χ4n) is 1.40. The van der Waals surface area contributed by atoms with E-state index in [9.17, 15) is 4.79 Å². The molecule has 0 aliphatic rings. The van der Waals surface area contributed by atoms with Gasteiger partial charge in [0.15, 0.2) is 0 Å². The van der Waals surface area contributed by atoms with Crippen LogP contribution in [0.25, 0.3) is 0 Å². The zero-order valence-corrected chi connectivity index (χ0v) is 12.0. The van der Waals surface area contributed by atoms with Crippen LogP contribution < -0.4 is 10.5 Å². The second-order valence-corrected chi connectivity index (χ2v) is 4.75. The maximum Gasteiger partial charge on any atom is 0.257 e. The van der Waals surface area contributed by atoms with Crippen molar-refractivity contribution in [3.8, 4) is 5.75 Å². The molecule has 0 heterocycles. The fourth-order valence-corrected chi connectivity index (χ4v) is 1.72. The van der Waals surface area contributed by atoms with Gasteiger partial charge < -0.3 is 15.4 Å². The third-order valence-corrected chi connectivity index (χ3v) is 3.28. The van der Waals surface area contributed by atoms with E-state index in [1.807, 2.05) is 0 Å². The van der Waals surface area contributed by atoms with Gasteiger partial charge in [-0.15, -0.1) is 0 Å². The maximum atomic E-state index is 12.3. The van der Waals surface area contributed by atoms with Crippen LogP contribution in [0.3, 0.4) is 0 Å². The summed E-state index contributed by atoms with van der Waals surface area (Å²) in [5.74, 6) is 0.207. The predicted molar refractivity (Wildman–Crippen MR) is 76.3 cm³/mol. The Bertz CT molecular complexity index is 479. The summed E-state index contributed by atoms with van der Waals surface area (Å²) in [6, 6.07) is 4.52. The van der Waals surface area contributed by atoms with Gasteiger partial charge in [-0.3, -0.25) is 4.79 Å². The predicted octanol–water partition coefficient (Wildman–Crippen LogP) is 2.10. The third kappa shape index (κ3) is 3.11. The summed E-state index contributed by atoms with van der Waals surface area (Å²) in [5, 5.41) is 0.508. The molecule has 1 unspecified atom stereocenters. The number of thiocarbonyl (C=S) groups is 1. The number of likely N-dealkylation sites (N-methyl/N-ethyl adjacent to an activating group) is 1. The average molecular weight is 287 g/mol. The molecule has 1 aromatic carbocycles. The lowest BCUT2D eigenvalue weighted by Gasteiger charge is -2.24. The van der Waals surface area contributed by atoms with Crippen molar-refractivity contribution < 1.29 is 9.53 Å². The minimum Gasteiger partial charge on any atom is -0.496 e. The maximum absolute atomic E-state index is 12.3. The molecule has 1 aromatic rings. The van der Waals surface area contributed by atoms with Gasteiger partial charge in [-0.25, -0.2) is 0 Å². The van der Waals surface area contributed by atoms with Crippen LogP contribution in [0.2, 0.25) is 5.02 Å². The monoisotopic (exact) mass is 286 g/mol. The van der Waals surface area contributed by atoms with E-state index in [0.29, 0.717) is 16.3 Å². The van der Waals surface area contributed by atoms with E-state index in [1.54, 1.807) is 32.2 Å². The first-order chi connectivity index (χ1) is 8.38. The average Bonchev–Trinajstić information content (AvgIpc) is 2.35. The summed E-state index contributed by atoms with van der Waals surface area (Å²) in [6.07, 6.45) is 0. The highest BCUT2D eigenvalue weighted by Crippen LogP contribution is 2.24. The van der Waals surface area contributed by atoms with Crippen LogP contribution in [0.4, 0.5) is 0 Å². The summed E-state index contributed by atoms with van der Waals surface area (Å²) in [5.41, 5.74) is 5.96. The van der Waals surface area contributed by atoms with Gasteiger partial charge in [0.2, 0.25) is 0 Å². The molecule has 0 aromatic heterocycles. The lowest BCUT2D eigenvalue weighted by atomic mass is 10.1. The molecule has 0 aliphatic carbocycles. The van der Waals surface area contributed by atoms with E-state index in [2.05, 4.69) is 0 Å². The number of benzene rings is 1. The minimum atomic E-state index is -0.326. The van der Waals surface area contributed by atoms with Crippen LogP contribution in [0.1, 0.15) is 17.3 Å². The van der Waals surface area contributed by atoms with Crippen LogP contribution in [0.15, 0.2) is 18.2 Å². The van der Waals surface area contributed by atoms with Gasteiger partial charge in [0.25, 0.3) is 5.91 Å². The molecule has 98 valence electrons. The van der Waals surface area contributed by atoms with Gasteiger partial charge in [0, 0.05) is 12.1 Å². The molecular formula is C12H15ClN2O2S. The normalized spacial score (nSPS) is 11.8. The van der Waals surface area contributed by atoms with Crippen LogP contribution >= 0.6 is 23.8 Å². The van der Waals surface area contributed by atoms with Crippen LogP contribution in [0, 0.1) is 0 Å². The molecule has 0 saturated carbocycles. The highest BCUT2D eigenvalue weighted by atomic mass is 35.5. The molecule has 0 spiro atoms. The van der Waals surface area contributed by atoms with Gasteiger partial charge in [-0.2, -0.15) is 0 Å². The van der Waals surface area contributed by atoms with Gasteiger partial charge >= 0.3 is 0 Å². The van der Waals surface area contributed by atoms with Crippen molar-refractivity contribution in [3.63, 3.8) is 0 Å². The van der Waals surface area contributed by atoms with Crippen molar-refractivity contribution in [2.24, 2.45) is 5.73 Å². The zero-order chi connectivity index (χ0) is 13.9. The first-order valence-corrected chi connectivity index (χ1v) is 6.07. The molecule has 1 atom stereocenters. The van der Waals surface area contributed by atoms with E-state index < -0.39 is 0 Å². The number of carbonyl (C=O) groups excluding carboxylic acids is 1. The number of rotatable bonds is 4. The Kier molecular flexibility index (Phi) is 4.93. The SMILES string of the molecule is COc1cc(Cl)ccc1C(=O)N(C)C(C)C(N)=S. The van der Waals surface area contributed by atoms with E-state index in [-0.39, 0.29) is 16.9 Å². The van der Waals surface area contributed by atoms with Crippen molar-refractivity contribution in [2.75, 3.05) is 14.2 Å². The standard InChI is InChI=1S/C12H15ClN2O2S/c1-7(11(14)18)15(2)12(16)9-5-4-8(13)6-10(9)17-3/h4-7H,1-3H3,(H2,14,18). The lowest BCUT2D eigenvalue weighted by Crippen LogP contribution is -2.42. The summed E-state index contributed by atoms with van der Waals surface area (Å²) in [6.45, 7) is 1.77. The number of nitrogens with two attached hydrogens (primary N) is 1. The molecule has 0 radical (unpaired) electrons. The van der Waals surface area contributed by atoms with E-state index in [1.165, 1.54) is 12.0 Å². The third-order valence-electron chi connectivity index (χ3n) is 2.71. The summed E-state index contributed by atoms with van der Waals surface area (Å²) < 4.78 is 5.14. The van der Waals surface area contributed by atoms with Crippen LogP contribution in [0.5, 0.6) is 5.75 Å². The van der Waals surface area contributed by atoms with E-state index in [0.717, 1.165) is 0 Å². The Morgan fingerprint density at radius 2 is 2.17 bits per heavy atom. The number of hydrogen-bond acceptors (Lipinski definition) is 3.